The van der Waals surface area contributed by atoms with Crippen LogP contribution in [0.2, 0.25) is 0 Å². The van der Waals surface area contributed by atoms with Gasteiger partial charge >= 0.3 is 12.3 Å². The molecule has 0 rings (SSSR count). The Kier molecular flexibility index (Phi) is 13.9. The van der Waals surface area contributed by atoms with E-state index >= 15 is 0 Å². The lowest BCUT2D eigenvalue weighted by Crippen LogP contribution is -2.39. The van der Waals surface area contributed by atoms with E-state index in [-0.39, 0.29) is 19.8 Å². The van der Waals surface area contributed by atoms with Crippen LogP contribution in [-0.2, 0) is 23.7 Å². The lowest BCUT2D eigenvalue weighted by Gasteiger charge is -2.35. The molecule has 0 radical (unpaired) electrons. The maximum atomic E-state index is 11.9. The van der Waals surface area contributed by atoms with Crippen molar-refractivity contribution in [2.45, 2.75) is 77.4 Å². The average Bonchev–Trinajstić information content (AvgIpc) is 2.74. The topological polar surface area (TPSA) is 80.3 Å². The zero-order chi connectivity index (χ0) is 22.2. The third kappa shape index (κ3) is 10.4. The summed E-state index contributed by atoms with van der Waals surface area (Å²) in [7, 11) is 0. The second-order valence-electron chi connectivity index (χ2n) is 6.78. The molecule has 7 heteroatoms. The van der Waals surface area contributed by atoms with Crippen LogP contribution in [-0.4, -0.2) is 49.9 Å². The second kappa shape index (κ2) is 14.9. The predicted octanol–water partition coefficient (Wildman–Crippen LogP) is 5.58. The molecule has 0 aromatic carbocycles. The van der Waals surface area contributed by atoms with Crippen molar-refractivity contribution in [2.75, 3.05) is 26.4 Å². The summed E-state index contributed by atoms with van der Waals surface area (Å²) < 4.78 is 26.7. The third-order valence-corrected chi connectivity index (χ3v) is 5.26. The Bertz CT molecular complexity index is 493. The molecule has 0 unspecified atom stereocenters. The van der Waals surface area contributed by atoms with Crippen molar-refractivity contribution in [3.05, 3.63) is 25.3 Å². The van der Waals surface area contributed by atoms with Crippen LogP contribution in [0, 0.1) is 0 Å². The number of carbonyl (C=O) groups is 2. The van der Waals surface area contributed by atoms with Crippen LogP contribution in [0.1, 0.15) is 66.2 Å². The van der Waals surface area contributed by atoms with Gasteiger partial charge in [0.1, 0.15) is 18.8 Å². The highest BCUT2D eigenvalue weighted by atomic mass is 16.7. The molecule has 0 bridgehead atoms. The van der Waals surface area contributed by atoms with E-state index in [4.69, 9.17) is 23.7 Å². The van der Waals surface area contributed by atoms with E-state index in [0.29, 0.717) is 32.3 Å². The summed E-state index contributed by atoms with van der Waals surface area (Å²) in [6.45, 7) is 15.9. The fourth-order valence-corrected chi connectivity index (χ4v) is 2.95. The number of hydrogen-bond acceptors (Lipinski definition) is 7. The quantitative estimate of drug-likeness (QED) is 0.241. The van der Waals surface area contributed by atoms with Crippen LogP contribution >= 0.6 is 0 Å². The summed E-state index contributed by atoms with van der Waals surface area (Å²) in [5.74, 6) is 0. The van der Waals surface area contributed by atoms with E-state index in [0.717, 1.165) is 12.8 Å². The highest BCUT2D eigenvalue weighted by Crippen LogP contribution is 2.30. The Morgan fingerprint density at radius 1 is 0.724 bits per heavy atom. The molecule has 0 aliphatic carbocycles. The van der Waals surface area contributed by atoms with Crippen LogP contribution in [0.15, 0.2) is 25.3 Å². The summed E-state index contributed by atoms with van der Waals surface area (Å²) >= 11 is 0. The van der Waals surface area contributed by atoms with Gasteiger partial charge in [0.05, 0.1) is 18.8 Å². The number of carbonyl (C=O) groups excluding carboxylic acids is 2. The van der Waals surface area contributed by atoms with Crippen LogP contribution in [0.4, 0.5) is 9.59 Å². The largest absolute Gasteiger partial charge is 0.509 e. The van der Waals surface area contributed by atoms with Crippen molar-refractivity contribution in [3.8, 4) is 0 Å². The average molecular weight is 415 g/mol. The van der Waals surface area contributed by atoms with E-state index in [1.165, 1.54) is 12.2 Å². The van der Waals surface area contributed by atoms with Crippen LogP contribution in [0.25, 0.3) is 0 Å². The molecule has 168 valence electrons. The highest BCUT2D eigenvalue weighted by Gasteiger charge is 2.34. The maximum absolute atomic E-state index is 11.9. The minimum Gasteiger partial charge on any atom is -0.434 e. The van der Waals surface area contributed by atoms with Crippen LogP contribution < -0.4 is 0 Å². The zero-order valence-corrected chi connectivity index (χ0v) is 18.5. The van der Waals surface area contributed by atoms with E-state index in [2.05, 4.69) is 13.2 Å². The molecular weight excluding hydrogens is 376 g/mol. The van der Waals surface area contributed by atoms with Gasteiger partial charge in [-0.05, 0) is 25.7 Å². The number of rotatable bonds is 16. The first-order valence-corrected chi connectivity index (χ1v) is 10.4. The van der Waals surface area contributed by atoms with E-state index in [1.54, 1.807) is 0 Å². The first-order valence-electron chi connectivity index (χ1n) is 10.4. The Morgan fingerprint density at radius 3 is 1.69 bits per heavy atom. The summed E-state index contributed by atoms with van der Waals surface area (Å²) in [6.07, 6.45) is 5.50. The fourth-order valence-electron chi connectivity index (χ4n) is 2.95. The smallest absolute Gasteiger partial charge is 0.434 e. The SMILES string of the molecule is C=CCOC(=O)OCCC(CC)(CC)OCCC(CC)(CC)OC(=O)OCC=C. The van der Waals surface area contributed by atoms with Gasteiger partial charge in [0.25, 0.3) is 0 Å². The van der Waals surface area contributed by atoms with E-state index in [1.807, 2.05) is 27.7 Å². The van der Waals surface area contributed by atoms with Gasteiger partial charge in [0, 0.05) is 12.8 Å². The summed E-state index contributed by atoms with van der Waals surface area (Å²) in [4.78, 5) is 23.4. The molecule has 0 aromatic rings. The van der Waals surface area contributed by atoms with Crippen LogP contribution in [0.3, 0.4) is 0 Å². The van der Waals surface area contributed by atoms with Crippen LogP contribution in [0.5, 0.6) is 0 Å². The molecule has 0 N–H and O–H groups in total. The fraction of sp³-hybridized carbons (Fsp3) is 0.727. The summed E-state index contributed by atoms with van der Waals surface area (Å²) in [5, 5.41) is 0. The Hall–Kier alpha value is -2.02. The van der Waals surface area contributed by atoms with Gasteiger partial charge in [-0.3, -0.25) is 0 Å². The van der Waals surface area contributed by atoms with E-state index < -0.39 is 23.5 Å². The molecule has 0 saturated carbocycles. The minimum absolute atomic E-state index is 0.114. The van der Waals surface area contributed by atoms with Crippen molar-refractivity contribution < 1.29 is 33.3 Å². The van der Waals surface area contributed by atoms with Crippen molar-refractivity contribution in [1.29, 1.82) is 0 Å². The van der Waals surface area contributed by atoms with Gasteiger partial charge in [-0.25, -0.2) is 9.59 Å². The minimum atomic E-state index is -0.714. The van der Waals surface area contributed by atoms with Gasteiger partial charge in [0.2, 0.25) is 0 Å². The molecule has 29 heavy (non-hydrogen) atoms. The Morgan fingerprint density at radius 2 is 1.21 bits per heavy atom. The third-order valence-electron chi connectivity index (χ3n) is 5.26. The maximum Gasteiger partial charge on any atom is 0.509 e. The lowest BCUT2D eigenvalue weighted by atomic mass is 9.91. The first kappa shape index (κ1) is 27.0. The molecular formula is C22H38O7. The van der Waals surface area contributed by atoms with Crippen molar-refractivity contribution >= 4 is 12.3 Å². The monoisotopic (exact) mass is 414 g/mol. The summed E-state index contributed by atoms with van der Waals surface area (Å²) in [5.41, 5.74) is -1.06. The molecule has 0 heterocycles. The molecule has 7 nitrogen and oxygen atoms in total. The van der Waals surface area contributed by atoms with Gasteiger partial charge < -0.3 is 23.7 Å². The van der Waals surface area contributed by atoms with Gasteiger partial charge in [-0.2, -0.15) is 0 Å². The number of ether oxygens (including phenoxy) is 5. The molecule has 0 amide bonds. The predicted molar refractivity (Wildman–Crippen MR) is 112 cm³/mol. The Balaban J connectivity index is 4.72. The standard InChI is InChI=1S/C22H38O7/c1-7-15-25-19(23)27-17-13-21(9-3,10-4)28-18-14-22(11-5,12-6)29-20(24)26-16-8-2/h7-8H,1-2,9-18H2,3-6H3. The lowest BCUT2D eigenvalue weighted by molar-refractivity contribution is -0.0996. The van der Waals surface area contributed by atoms with Gasteiger partial charge in [-0.15, -0.1) is 0 Å². The molecule has 0 saturated heterocycles. The molecule has 0 atom stereocenters. The van der Waals surface area contributed by atoms with Crippen molar-refractivity contribution in [2.24, 2.45) is 0 Å². The van der Waals surface area contributed by atoms with E-state index in [9.17, 15) is 9.59 Å². The zero-order valence-electron chi connectivity index (χ0n) is 18.5. The molecule has 0 aliphatic heterocycles. The summed E-state index contributed by atoms with van der Waals surface area (Å²) in [6, 6.07) is 0. The number of hydrogen-bond donors (Lipinski definition) is 0. The molecule has 0 spiro atoms. The van der Waals surface area contributed by atoms with Crippen molar-refractivity contribution in [3.63, 3.8) is 0 Å². The first-order chi connectivity index (χ1) is 13.9. The Labute approximate surface area is 175 Å². The molecule has 0 fully saturated rings. The molecule has 0 aromatic heterocycles. The highest BCUT2D eigenvalue weighted by molar-refractivity contribution is 5.60. The second-order valence-corrected chi connectivity index (χ2v) is 6.78. The van der Waals surface area contributed by atoms with Gasteiger partial charge in [-0.1, -0.05) is 53.0 Å². The molecule has 0 aliphatic rings. The van der Waals surface area contributed by atoms with Gasteiger partial charge in [0.15, 0.2) is 0 Å². The normalized spacial score (nSPS) is 11.4. The van der Waals surface area contributed by atoms with Crippen molar-refractivity contribution in [1.82, 2.24) is 0 Å².